The van der Waals surface area contributed by atoms with E-state index in [0.29, 0.717) is 12.2 Å². The van der Waals surface area contributed by atoms with Gasteiger partial charge in [-0.05, 0) is 22.9 Å². The molecule has 64 valence electrons. The van der Waals surface area contributed by atoms with Gasteiger partial charge in [-0.15, -0.1) is 0 Å². The average molecular weight is 172 g/mol. The molecule has 0 saturated carbocycles. The molecule has 0 saturated heterocycles. The molecule has 0 unspecified atom stereocenters. The van der Waals surface area contributed by atoms with E-state index in [1.54, 1.807) is 6.07 Å². The second-order valence-corrected chi connectivity index (χ2v) is 2.72. The Labute approximate surface area is 75.8 Å². The maximum Gasteiger partial charge on any atom is 0.298 e. The lowest BCUT2D eigenvalue weighted by molar-refractivity contribution is -0.120. The third-order valence-electron chi connectivity index (χ3n) is 1.91. The fourth-order valence-corrected chi connectivity index (χ4v) is 1.30. The van der Waals surface area contributed by atoms with E-state index in [9.17, 15) is 4.79 Å². The summed E-state index contributed by atoms with van der Waals surface area (Å²) >= 11 is 0. The molecule has 0 radical (unpaired) electrons. The Morgan fingerprint density at radius 1 is 1.00 bits per heavy atom. The molecule has 2 rings (SSSR count). The lowest BCUT2D eigenvalue weighted by Crippen LogP contribution is -1.87. The van der Waals surface area contributed by atoms with E-state index in [2.05, 4.69) is 0 Å². The highest BCUT2D eigenvalue weighted by Crippen LogP contribution is 2.19. The van der Waals surface area contributed by atoms with Crippen LogP contribution in [0.15, 0.2) is 42.5 Å². The van der Waals surface area contributed by atoms with Crippen LogP contribution in [0, 0.1) is 0 Å². The fourth-order valence-electron chi connectivity index (χ4n) is 1.30. The molecular formula is C11H8O2. The molecule has 2 aromatic rings. The van der Waals surface area contributed by atoms with E-state index in [1.807, 2.05) is 36.4 Å². The molecular weight excluding hydrogens is 164 g/mol. The number of hydrogen-bond acceptors (Lipinski definition) is 2. The number of carbonyl (C=O) groups excluding carboxylic acids is 1. The molecule has 0 N–H and O–H groups in total. The largest absolute Gasteiger partial charge is 0.429 e. The molecule has 0 atom stereocenters. The predicted octanol–water partition coefficient (Wildman–Crippen LogP) is 2.38. The van der Waals surface area contributed by atoms with Crippen molar-refractivity contribution in [2.24, 2.45) is 0 Å². The van der Waals surface area contributed by atoms with Gasteiger partial charge in [0.15, 0.2) is 0 Å². The highest BCUT2D eigenvalue weighted by Gasteiger charge is 1.94. The zero-order valence-electron chi connectivity index (χ0n) is 6.94. The highest BCUT2D eigenvalue weighted by molar-refractivity contribution is 5.83. The molecule has 13 heavy (non-hydrogen) atoms. The molecule has 0 aliphatic carbocycles. The first-order valence-electron chi connectivity index (χ1n) is 3.99. The molecule has 2 nitrogen and oxygen atoms in total. The summed E-state index contributed by atoms with van der Waals surface area (Å²) in [5, 5.41) is 2.21. The minimum Gasteiger partial charge on any atom is -0.429 e. The highest BCUT2D eigenvalue weighted by atomic mass is 16.5. The minimum absolute atomic E-state index is 0.435. The van der Waals surface area contributed by atoms with E-state index < -0.39 is 0 Å². The van der Waals surface area contributed by atoms with E-state index in [1.165, 1.54) is 0 Å². The molecule has 2 aromatic carbocycles. The zero-order valence-corrected chi connectivity index (χ0v) is 6.94. The summed E-state index contributed by atoms with van der Waals surface area (Å²) in [6.45, 7) is 0.435. The van der Waals surface area contributed by atoms with Gasteiger partial charge in [0.25, 0.3) is 6.47 Å². The third-order valence-corrected chi connectivity index (χ3v) is 1.91. The maximum absolute atomic E-state index is 10.1. The van der Waals surface area contributed by atoms with Crippen molar-refractivity contribution in [1.82, 2.24) is 0 Å². The lowest BCUT2D eigenvalue weighted by atomic mass is 10.1. The second kappa shape index (κ2) is 3.27. The van der Waals surface area contributed by atoms with Crippen molar-refractivity contribution in [2.45, 2.75) is 0 Å². The van der Waals surface area contributed by atoms with Crippen LogP contribution in [0.2, 0.25) is 0 Å². The predicted molar refractivity (Wildman–Crippen MR) is 50.6 cm³/mol. The first kappa shape index (κ1) is 7.80. The van der Waals surface area contributed by atoms with Gasteiger partial charge in [0.1, 0.15) is 5.75 Å². The van der Waals surface area contributed by atoms with Gasteiger partial charge in [-0.1, -0.05) is 30.3 Å². The third kappa shape index (κ3) is 1.51. The van der Waals surface area contributed by atoms with Crippen molar-refractivity contribution in [1.29, 1.82) is 0 Å². The van der Waals surface area contributed by atoms with Crippen LogP contribution in [0.3, 0.4) is 0 Å². The van der Waals surface area contributed by atoms with Crippen LogP contribution in [-0.4, -0.2) is 6.47 Å². The van der Waals surface area contributed by atoms with Crippen molar-refractivity contribution in [3.63, 3.8) is 0 Å². The zero-order chi connectivity index (χ0) is 9.10. The van der Waals surface area contributed by atoms with Crippen molar-refractivity contribution in [3.8, 4) is 5.75 Å². The number of hydrogen-bond donors (Lipinski definition) is 0. The van der Waals surface area contributed by atoms with Crippen LogP contribution < -0.4 is 4.74 Å². The summed E-state index contributed by atoms with van der Waals surface area (Å²) in [5.74, 6) is 0.578. The van der Waals surface area contributed by atoms with E-state index in [-0.39, 0.29) is 0 Å². The number of carbonyl (C=O) groups is 1. The molecule has 0 bridgehead atoms. The van der Waals surface area contributed by atoms with Gasteiger partial charge in [0, 0.05) is 0 Å². The SMILES string of the molecule is O=COc1ccc2ccccc2c1. The van der Waals surface area contributed by atoms with Crippen LogP contribution in [0.4, 0.5) is 0 Å². The fraction of sp³-hybridized carbons (Fsp3) is 0. The molecule has 0 aliphatic rings. The van der Waals surface area contributed by atoms with Gasteiger partial charge < -0.3 is 4.74 Å². The van der Waals surface area contributed by atoms with Crippen molar-refractivity contribution >= 4 is 17.2 Å². The van der Waals surface area contributed by atoms with E-state index in [0.717, 1.165) is 10.8 Å². The molecule has 0 amide bonds. The van der Waals surface area contributed by atoms with Crippen LogP contribution >= 0.6 is 0 Å². The van der Waals surface area contributed by atoms with Crippen LogP contribution in [0.25, 0.3) is 10.8 Å². The quantitative estimate of drug-likeness (QED) is 0.650. The molecule has 0 fully saturated rings. The Kier molecular flexibility index (Phi) is 1.96. The molecule has 0 heterocycles. The number of rotatable bonds is 2. The van der Waals surface area contributed by atoms with Gasteiger partial charge in [0.2, 0.25) is 0 Å². The van der Waals surface area contributed by atoms with Crippen LogP contribution in [0.5, 0.6) is 5.75 Å². The van der Waals surface area contributed by atoms with Gasteiger partial charge >= 0.3 is 0 Å². The van der Waals surface area contributed by atoms with Crippen molar-refractivity contribution in [2.75, 3.05) is 0 Å². The van der Waals surface area contributed by atoms with Crippen molar-refractivity contribution < 1.29 is 9.53 Å². The minimum atomic E-state index is 0.435. The van der Waals surface area contributed by atoms with Gasteiger partial charge in [0.05, 0.1) is 0 Å². The number of ether oxygens (including phenoxy) is 1. The Morgan fingerprint density at radius 2 is 1.77 bits per heavy atom. The maximum atomic E-state index is 10.1. The topological polar surface area (TPSA) is 26.3 Å². The summed E-state index contributed by atoms with van der Waals surface area (Å²) < 4.78 is 4.73. The standard InChI is InChI=1S/C11H8O2/c12-8-13-11-6-5-9-3-1-2-4-10(9)7-11/h1-8H. The van der Waals surface area contributed by atoms with E-state index >= 15 is 0 Å². The normalized spacial score (nSPS) is 9.85. The Bertz CT molecular complexity index is 435. The smallest absolute Gasteiger partial charge is 0.298 e. The first-order chi connectivity index (χ1) is 6.40. The molecule has 0 aliphatic heterocycles. The van der Waals surface area contributed by atoms with Gasteiger partial charge in [-0.2, -0.15) is 0 Å². The second-order valence-electron chi connectivity index (χ2n) is 2.72. The summed E-state index contributed by atoms with van der Waals surface area (Å²) in [5.41, 5.74) is 0. The average Bonchev–Trinajstić information content (AvgIpc) is 2.18. The Hall–Kier alpha value is -1.83. The monoisotopic (exact) mass is 172 g/mol. The lowest BCUT2D eigenvalue weighted by Gasteiger charge is -1.99. The van der Waals surface area contributed by atoms with Gasteiger partial charge in [-0.3, -0.25) is 4.79 Å². The van der Waals surface area contributed by atoms with Crippen molar-refractivity contribution in [3.05, 3.63) is 42.5 Å². The summed E-state index contributed by atoms with van der Waals surface area (Å²) in [7, 11) is 0. The summed E-state index contributed by atoms with van der Waals surface area (Å²) in [6.07, 6.45) is 0. The number of fused-ring (bicyclic) bond motifs is 1. The Balaban J connectivity index is 2.55. The van der Waals surface area contributed by atoms with E-state index in [4.69, 9.17) is 4.74 Å². The molecule has 0 spiro atoms. The first-order valence-corrected chi connectivity index (χ1v) is 3.99. The molecule has 0 aromatic heterocycles. The van der Waals surface area contributed by atoms with Crippen LogP contribution in [-0.2, 0) is 4.79 Å². The van der Waals surface area contributed by atoms with Crippen LogP contribution in [0.1, 0.15) is 0 Å². The Morgan fingerprint density at radius 3 is 2.54 bits per heavy atom. The molecule has 2 heteroatoms. The van der Waals surface area contributed by atoms with Gasteiger partial charge in [-0.25, -0.2) is 0 Å². The summed E-state index contributed by atoms with van der Waals surface area (Å²) in [6, 6.07) is 13.5. The summed E-state index contributed by atoms with van der Waals surface area (Å²) in [4.78, 5) is 10.1. The number of benzene rings is 2.